The Morgan fingerprint density at radius 1 is 1.07 bits per heavy atom. The van der Waals surface area contributed by atoms with Crippen LogP contribution in [0.15, 0.2) is 46.9 Å². The Balaban J connectivity index is 0.00000117. The minimum Gasteiger partial charge on any atom is -0.467 e. The minimum absolute atomic E-state index is 0.0194. The second-order valence-corrected chi connectivity index (χ2v) is 7.01. The Kier molecular flexibility index (Phi) is 6.23. The molecule has 1 N–H and O–H groups in total. The number of esters is 1. The second-order valence-electron chi connectivity index (χ2n) is 7.01. The lowest BCUT2D eigenvalue weighted by Gasteiger charge is -2.36. The third-order valence-corrected chi connectivity index (χ3v) is 5.31. The van der Waals surface area contributed by atoms with E-state index in [1.54, 1.807) is 4.90 Å². The van der Waals surface area contributed by atoms with Crippen LogP contribution in [0, 0.1) is 0 Å². The number of benzene rings is 2. The normalized spacial score (nSPS) is 15.7. The topological polar surface area (TPSA) is 80.0 Å². The van der Waals surface area contributed by atoms with Gasteiger partial charge in [0.25, 0.3) is 0 Å². The van der Waals surface area contributed by atoms with Crippen molar-refractivity contribution in [1.29, 1.82) is 0 Å². The number of ether oxygens (including phenoxy) is 1. The summed E-state index contributed by atoms with van der Waals surface area (Å²) in [5, 5.41) is 12.3. The first kappa shape index (κ1) is 20.9. The van der Waals surface area contributed by atoms with Gasteiger partial charge in [-0.2, -0.15) is 0 Å². The Bertz CT molecular complexity index is 1010. The van der Waals surface area contributed by atoms with Crippen molar-refractivity contribution in [3.8, 4) is 0 Å². The second kappa shape index (κ2) is 8.66. The average molecular weight is 397 g/mol. The summed E-state index contributed by atoms with van der Waals surface area (Å²) >= 11 is 0. The lowest BCUT2D eigenvalue weighted by Crippen LogP contribution is -2.51. The maximum atomic E-state index is 12.7. The largest absolute Gasteiger partial charge is 0.467 e. The van der Waals surface area contributed by atoms with Gasteiger partial charge in [-0.3, -0.25) is 4.79 Å². The zero-order chi connectivity index (χ0) is 21.0. The first-order valence-electron chi connectivity index (χ1n) is 9.99. The van der Waals surface area contributed by atoms with E-state index in [-0.39, 0.29) is 25.2 Å². The van der Waals surface area contributed by atoms with E-state index in [9.17, 15) is 14.7 Å². The molecule has 0 spiro atoms. The Morgan fingerprint density at radius 3 is 2.41 bits per heavy atom. The quantitative estimate of drug-likeness (QED) is 0.682. The molecule has 0 saturated carbocycles. The molecule has 6 heteroatoms. The summed E-state index contributed by atoms with van der Waals surface area (Å²) < 4.78 is 10.5. The van der Waals surface area contributed by atoms with Crippen molar-refractivity contribution in [2.24, 2.45) is 0 Å². The molecule has 154 valence electrons. The van der Waals surface area contributed by atoms with Crippen LogP contribution in [0.25, 0.3) is 21.9 Å². The van der Waals surface area contributed by atoms with Crippen molar-refractivity contribution in [2.75, 3.05) is 20.2 Å². The van der Waals surface area contributed by atoms with E-state index in [4.69, 9.17) is 4.42 Å². The molecule has 0 atom stereocenters. The fourth-order valence-electron chi connectivity index (χ4n) is 3.69. The van der Waals surface area contributed by atoms with Crippen molar-refractivity contribution in [3.05, 3.63) is 48.0 Å². The molecular weight excluding hydrogens is 370 g/mol. The van der Waals surface area contributed by atoms with Crippen LogP contribution in [-0.4, -0.2) is 47.7 Å². The first-order valence-corrected chi connectivity index (χ1v) is 9.99. The monoisotopic (exact) mass is 397 g/mol. The van der Waals surface area contributed by atoms with Crippen LogP contribution in [0.2, 0.25) is 0 Å². The highest BCUT2D eigenvalue weighted by molar-refractivity contribution is 6.05. The molecule has 1 amide bonds. The van der Waals surface area contributed by atoms with Crippen LogP contribution < -0.4 is 0 Å². The number of aliphatic hydroxyl groups is 1. The first-order chi connectivity index (χ1) is 14.0. The zero-order valence-corrected chi connectivity index (χ0v) is 17.1. The number of likely N-dealkylation sites (tertiary alicyclic amines) is 1. The highest BCUT2D eigenvalue weighted by Gasteiger charge is 2.41. The highest BCUT2D eigenvalue weighted by atomic mass is 16.5. The standard InChI is InChI=1S/C21H21NO5.C2H6/c1-26-20(24)21(25)8-10-22(11-9-21)19(23)13-14-6-7-18-16(12-14)15-4-2-3-5-17(15)27-18;1-2/h2-7,12,25H,8-11,13H2,1H3;1-2H3. The van der Waals surface area contributed by atoms with Gasteiger partial charge in [0.15, 0.2) is 5.60 Å². The third-order valence-electron chi connectivity index (χ3n) is 5.31. The van der Waals surface area contributed by atoms with Gasteiger partial charge in [0.05, 0.1) is 13.5 Å². The van der Waals surface area contributed by atoms with E-state index < -0.39 is 11.6 Å². The number of hydrogen-bond acceptors (Lipinski definition) is 5. The van der Waals surface area contributed by atoms with Crippen LogP contribution in [0.1, 0.15) is 32.3 Å². The molecule has 29 heavy (non-hydrogen) atoms. The molecular formula is C23H27NO5. The van der Waals surface area contributed by atoms with E-state index in [1.165, 1.54) is 7.11 Å². The fourth-order valence-corrected chi connectivity index (χ4v) is 3.69. The SMILES string of the molecule is CC.COC(=O)C1(O)CCN(C(=O)Cc2ccc3oc4ccccc4c3c2)CC1. The van der Waals surface area contributed by atoms with Crippen molar-refractivity contribution >= 4 is 33.8 Å². The van der Waals surface area contributed by atoms with Crippen molar-refractivity contribution < 1.29 is 23.8 Å². The smallest absolute Gasteiger partial charge is 0.337 e. The third kappa shape index (κ3) is 4.12. The predicted molar refractivity (Wildman–Crippen MR) is 112 cm³/mol. The number of hydrogen-bond donors (Lipinski definition) is 1. The summed E-state index contributed by atoms with van der Waals surface area (Å²) in [4.78, 5) is 26.0. The Hall–Kier alpha value is -2.86. The number of rotatable bonds is 3. The summed E-state index contributed by atoms with van der Waals surface area (Å²) in [7, 11) is 1.26. The maximum Gasteiger partial charge on any atom is 0.337 e. The zero-order valence-electron chi connectivity index (χ0n) is 17.1. The molecule has 1 aromatic heterocycles. The van der Waals surface area contributed by atoms with Gasteiger partial charge >= 0.3 is 5.97 Å². The van der Waals surface area contributed by atoms with Gasteiger partial charge < -0.3 is 19.2 Å². The summed E-state index contributed by atoms with van der Waals surface area (Å²) in [6.45, 7) is 4.67. The number of piperidine rings is 1. The molecule has 4 rings (SSSR count). The lowest BCUT2D eigenvalue weighted by atomic mass is 9.91. The van der Waals surface area contributed by atoms with Gasteiger partial charge in [0, 0.05) is 36.7 Å². The van der Waals surface area contributed by atoms with Crippen molar-refractivity contribution in [2.45, 2.75) is 38.7 Å². The number of para-hydroxylation sites is 1. The van der Waals surface area contributed by atoms with Gasteiger partial charge in [-0.25, -0.2) is 4.79 Å². The van der Waals surface area contributed by atoms with Gasteiger partial charge in [0.1, 0.15) is 11.2 Å². The number of fused-ring (bicyclic) bond motifs is 3. The molecule has 3 aromatic rings. The van der Waals surface area contributed by atoms with Crippen LogP contribution in [-0.2, 0) is 20.7 Å². The molecule has 1 saturated heterocycles. The molecule has 1 fully saturated rings. The molecule has 0 unspecified atom stereocenters. The van der Waals surface area contributed by atoms with Gasteiger partial charge in [0.2, 0.25) is 5.91 Å². The van der Waals surface area contributed by atoms with E-state index in [2.05, 4.69) is 4.74 Å². The minimum atomic E-state index is -1.49. The molecule has 1 aliphatic heterocycles. The maximum absolute atomic E-state index is 12.7. The molecule has 2 aromatic carbocycles. The van der Waals surface area contributed by atoms with Gasteiger partial charge in [-0.1, -0.05) is 38.1 Å². The van der Waals surface area contributed by atoms with Crippen LogP contribution in [0.5, 0.6) is 0 Å². The molecule has 0 radical (unpaired) electrons. The summed E-state index contributed by atoms with van der Waals surface area (Å²) in [5.41, 5.74) is 1.05. The van der Waals surface area contributed by atoms with Crippen LogP contribution >= 0.6 is 0 Å². The number of carbonyl (C=O) groups is 2. The number of furan rings is 1. The molecule has 0 bridgehead atoms. The van der Waals surface area contributed by atoms with Crippen LogP contribution in [0.3, 0.4) is 0 Å². The molecule has 0 aliphatic carbocycles. The summed E-state index contributed by atoms with van der Waals surface area (Å²) in [6.07, 6.45) is 0.653. The van der Waals surface area contributed by atoms with Crippen LogP contribution in [0.4, 0.5) is 0 Å². The summed E-state index contributed by atoms with van der Waals surface area (Å²) in [5.74, 6) is -0.652. The van der Waals surface area contributed by atoms with Crippen molar-refractivity contribution in [1.82, 2.24) is 4.90 Å². The van der Waals surface area contributed by atoms with Gasteiger partial charge in [-0.05, 0) is 23.8 Å². The van der Waals surface area contributed by atoms with E-state index >= 15 is 0 Å². The molecule has 2 heterocycles. The highest BCUT2D eigenvalue weighted by Crippen LogP contribution is 2.29. The number of methoxy groups -OCH3 is 1. The lowest BCUT2D eigenvalue weighted by molar-refractivity contribution is -0.168. The number of carbonyl (C=O) groups excluding carboxylic acids is 2. The van der Waals surface area contributed by atoms with E-state index in [0.29, 0.717) is 13.1 Å². The van der Waals surface area contributed by atoms with E-state index in [0.717, 1.165) is 27.5 Å². The predicted octanol–water partition coefficient (Wildman–Crippen LogP) is 3.68. The molecule has 6 nitrogen and oxygen atoms in total. The van der Waals surface area contributed by atoms with Gasteiger partial charge in [-0.15, -0.1) is 0 Å². The number of amides is 1. The van der Waals surface area contributed by atoms with Crippen molar-refractivity contribution in [3.63, 3.8) is 0 Å². The fraction of sp³-hybridized carbons (Fsp3) is 0.391. The summed E-state index contributed by atoms with van der Waals surface area (Å²) in [6, 6.07) is 13.6. The number of nitrogens with zero attached hydrogens (tertiary/aromatic N) is 1. The Labute approximate surface area is 170 Å². The van der Waals surface area contributed by atoms with E-state index in [1.807, 2.05) is 56.3 Å². The molecule has 1 aliphatic rings. The average Bonchev–Trinajstić information content (AvgIpc) is 3.13. The Morgan fingerprint density at radius 2 is 1.72 bits per heavy atom.